The van der Waals surface area contributed by atoms with E-state index >= 15 is 0 Å². The molecule has 0 aliphatic carbocycles. The van der Waals surface area contributed by atoms with Crippen molar-refractivity contribution in [2.24, 2.45) is 5.73 Å². The van der Waals surface area contributed by atoms with Gasteiger partial charge in [-0.05, 0) is 18.2 Å². The highest BCUT2D eigenvalue weighted by Crippen LogP contribution is 2.42. The molecule has 5 heteroatoms. The van der Waals surface area contributed by atoms with Crippen molar-refractivity contribution in [2.75, 3.05) is 0 Å². The highest BCUT2D eigenvalue weighted by molar-refractivity contribution is 7.61. The van der Waals surface area contributed by atoms with Crippen molar-refractivity contribution >= 4 is 12.9 Å². The summed E-state index contributed by atoms with van der Waals surface area (Å²) in [5, 5.41) is 0.261. The van der Waals surface area contributed by atoms with Crippen LogP contribution in [0.5, 0.6) is 5.75 Å². The molecule has 2 aromatic rings. The summed E-state index contributed by atoms with van der Waals surface area (Å²) >= 11 is 0. The van der Waals surface area contributed by atoms with Gasteiger partial charge >= 0.3 is 7.60 Å². The molecule has 0 saturated heterocycles. The van der Waals surface area contributed by atoms with E-state index in [-0.39, 0.29) is 11.8 Å². The van der Waals surface area contributed by atoms with Crippen LogP contribution in [-0.4, -0.2) is 4.89 Å². The van der Waals surface area contributed by atoms with Crippen molar-refractivity contribution in [3.05, 3.63) is 60.2 Å². The number of nitrogens with two attached hydrogens (primary N) is 1. The summed E-state index contributed by atoms with van der Waals surface area (Å²) in [7, 11) is -3.86. The number of rotatable bonds is 4. The largest absolute Gasteiger partial charge is 0.421 e. The maximum atomic E-state index is 12.1. The van der Waals surface area contributed by atoms with Crippen molar-refractivity contribution < 1.29 is 14.0 Å². The Labute approximate surface area is 106 Å². The number of hydrogen-bond acceptors (Lipinski definition) is 3. The Morgan fingerprint density at radius 1 is 1.06 bits per heavy atom. The van der Waals surface area contributed by atoms with Gasteiger partial charge in [-0.25, -0.2) is 4.57 Å². The van der Waals surface area contributed by atoms with Crippen LogP contribution >= 0.6 is 7.60 Å². The Morgan fingerprint density at radius 3 is 2.33 bits per heavy atom. The molecule has 1 unspecified atom stereocenters. The molecule has 0 aliphatic heterocycles. The zero-order chi connectivity index (χ0) is 13.0. The number of para-hydroxylation sites is 1. The topological polar surface area (TPSA) is 72.5 Å². The van der Waals surface area contributed by atoms with Gasteiger partial charge in [-0.3, -0.25) is 0 Å². The SMILES string of the molecule is NCc1ccccc1OP(=O)(O)c1ccccc1. The van der Waals surface area contributed by atoms with E-state index in [9.17, 15) is 9.46 Å². The Morgan fingerprint density at radius 2 is 1.67 bits per heavy atom. The van der Waals surface area contributed by atoms with E-state index < -0.39 is 7.60 Å². The van der Waals surface area contributed by atoms with Gasteiger partial charge in [-0.15, -0.1) is 0 Å². The van der Waals surface area contributed by atoms with E-state index in [1.54, 1.807) is 54.6 Å². The van der Waals surface area contributed by atoms with Crippen LogP contribution in [-0.2, 0) is 11.1 Å². The van der Waals surface area contributed by atoms with Gasteiger partial charge in [0, 0.05) is 12.1 Å². The van der Waals surface area contributed by atoms with Crippen LogP contribution in [0.25, 0.3) is 0 Å². The molecule has 0 amide bonds. The molecule has 2 rings (SSSR count). The lowest BCUT2D eigenvalue weighted by atomic mass is 10.2. The Balaban J connectivity index is 2.31. The molecule has 0 radical (unpaired) electrons. The quantitative estimate of drug-likeness (QED) is 0.828. The lowest BCUT2D eigenvalue weighted by Gasteiger charge is -2.15. The summed E-state index contributed by atoms with van der Waals surface area (Å²) in [6.07, 6.45) is 0. The van der Waals surface area contributed by atoms with Gasteiger partial charge < -0.3 is 15.2 Å². The van der Waals surface area contributed by atoms with Crippen molar-refractivity contribution in [1.82, 2.24) is 0 Å². The summed E-state index contributed by atoms with van der Waals surface area (Å²) in [5.41, 5.74) is 6.25. The molecule has 0 fully saturated rings. The second-order valence-corrected chi connectivity index (χ2v) is 5.50. The zero-order valence-electron chi connectivity index (χ0n) is 9.69. The molecule has 18 heavy (non-hydrogen) atoms. The summed E-state index contributed by atoms with van der Waals surface area (Å²) in [5.74, 6) is 0.342. The number of benzene rings is 2. The van der Waals surface area contributed by atoms with E-state index in [1.165, 1.54) is 0 Å². The summed E-state index contributed by atoms with van der Waals surface area (Å²) in [4.78, 5) is 9.95. The third-order valence-electron chi connectivity index (χ3n) is 2.50. The molecule has 0 heterocycles. The van der Waals surface area contributed by atoms with E-state index in [1.807, 2.05) is 0 Å². The van der Waals surface area contributed by atoms with Gasteiger partial charge in [0.1, 0.15) is 5.75 Å². The standard InChI is InChI=1S/C13H14NO3P/c14-10-11-6-4-5-9-13(11)17-18(15,16)12-7-2-1-3-8-12/h1-9H,10,14H2,(H,15,16). The van der Waals surface area contributed by atoms with Crippen LogP contribution in [0.2, 0.25) is 0 Å². The monoisotopic (exact) mass is 263 g/mol. The predicted octanol–water partition coefficient (Wildman–Crippen LogP) is 2.04. The van der Waals surface area contributed by atoms with Gasteiger partial charge in [0.05, 0.1) is 5.30 Å². The normalized spacial score (nSPS) is 13.9. The zero-order valence-corrected chi connectivity index (χ0v) is 10.6. The smallest absolute Gasteiger partial charge is 0.408 e. The molecule has 0 aromatic heterocycles. The maximum absolute atomic E-state index is 12.1. The fourth-order valence-corrected chi connectivity index (χ4v) is 2.66. The first-order chi connectivity index (χ1) is 8.63. The van der Waals surface area contributed by atoms with E-state index in [4.69, 9.17) is 10.3 Å². The highest BCUT2D eigenvalue weighted by Gasteiger charge is 2.24. The highest BCUT2D eigenvalue weighted by atomic mass is 31.2. The van der Waals surface area contributed by atoms with Crippen LogP contribution in [0, 0.1) is 0 Å². The van der Waals surface area contributed by atoms with Crippen LogP contribution in [0.1, 0.15) is 5.56 Å². The molecular weight excluding hydrogens is 249 g/mol. The Hall–Kier alpha value is -1.61. The lowest BCUT2D eigenvalue weighted by molar-refractivity contribution is 0.391. The van der Waals surface area contributed by atoms with E-state index in [2.05, 4.69) is 0 Å². The molecule has 0 aliphatic rings. The van der Waals surface area contributed by atoms with Crippen LogP contribution in [0.4, 0.5) is 0 Å². The average molecular weight is 263 g/mol. The summed E-state index contributed by atoms with van der Waals surface area (Å²) in [6, 6.07) is 15.2. The van der Waals surface area contributed by atoms with Crippen LogP contribution in [0.15, 0.2) is 54.6 Å². The van der Waals surface area contributed by atoms with Gasteiger partial charge in [-0.2, -0.15) is 0 Å². The summed E-state index contributed by atoms with van der Waals surface area (Å²) < 4.78 is 17.4. The fraction of sp³-hybridized carbons (Fsp3) is 0.0769. The Bertz CT molecular complexity index is 571. The van der Waals surface area contributed by atoms with Crippen LogP contribution < -0.4 is 15.6 Å². The van der Waals surface area contributed by atoms with Gasteiger partial charge in [0.15, 0.2) is 0 Å². The second-order valence-electron chi connectivity index (χ2n) is 3.76. The molecule has 1 atom stereocenters. The van der Waals surface area contributed by atoms with Gasteiger partial charge in [0.25, 0.3) is 0 Å². The summed E-state index contributed by atoms with van der Waals surface area (Å²) in [6.45, 7) is 0.255. The number of hydrogen-bond donors (Lipinski definition) is 2. The molecule has 4 nitrogen and oxygen atoms in total. The van der Waals surface area contributed by atoms with Gasteiger partial charge in [0.2, 0.25) is 0 Å². The van der Waals surface area contributed by atoms with Crippen molar-refractivity contribution in [3.63, 3.8) is 0 Å². The lowest BCUT2D eigenvalue weighted by Crippen LogP contribution is -2.10. The molecule has 0 saturated carbocycles. The maximum Gasteiger partial charge on any atom is 0.408 e. The molecule has 3 N–H and O–H groups in total. The fourth-order valence-electron chi connectivity index (χ4n) is 1.56. The minimum absolute atomic E-state index is 0.255. The van der Waals surface area contributed by atoms with E-state index in [0.717, 1.165) is 0 Å². The van der Waals surface area contributed by atoms with Gasteiger partial charge in [-0.1, -0.05) is 36.4 Å². The van der Waals surface area contributed by atoms with Crippen molar-refractivity contribution in [2.45, 2.75) is 6.54 Å². The first-order valence-electron chi connectivity index (χ1n) is 5.49. The molecule has 94 valence electrons. The average Bonchev–Trinajstić information content (AvgIpc) is 2.40. The van der Waals surface area contributed by atoms with Crippen LogP contribution in [0.3, 0.4) is 0 Å². The second kappa shape index (κ2) is 5.36. The van der Waals surface area contributed by atoms with Crippen molar-refractivity contribution in [1.29, 1.82) is 0 Å². The molecule has 2 aromatic carbocycles. The minimum atomic E-state index is -3.86. The molecule has 0 spiro atoms. The molecular formula is C13H14NO3P. The van der Waals surface area contributed by atoms with Crippen molar-refractivity contribution in [3.8, 4) is 5.75 Å². The Kier molecular flexibility index (Phi) is 3.82. The first kappa shape index (κ1) is 12.8. The minimum Gasteiger partial charge on any atom is -0.421 e. The predicted molar refractivity (Wildman–Crippen MR) is 70.9 cm³/mol. The van der Waals surface area contributed by atoms with E-state index in [0.29, 0.717) is 11.3 Å². The third-order valence-corrected chi connectivity index (χ3v) is 3.89. The third kappa shape index (κ3) is 2.79. The molecule has 0 bridgehead atoms. The first-order valence-corrected chi connectivity index (χ1v) is 7.07.